The standard InChI is InChI=1S/C23H24N2O5S/c1-4-28-12-11-25-17-10-9-16(27-3)14-20(17)31-23(25)24-22(26)19-13-15-7-6-8-18(29-5-2)21(15)30-19/h6-10,13-14H,4-5,11-12H2,1-3H3. The van der Waals surface area contributed by atoms with Gasteiger partial charge in [0, 0.05) is 18.5 Å². The number of carbonyl (C=O) groups excluding carboxylic acids is 1. The Hall–Kier alpha value is -3.10. The second kappa shape index (κ2) is 9.36. The molecule has 8 heteroatoms. The Morgan fingerprint density at radius 2 is 2.03 bits per heavy atom. The van der Waals surface area contributed by atoms with Crippen molar-refractivity contribution in [3.8, 4) is 11.5 Å². The summed E-state index contributed by atoms with van der Waals surface area (Å²) in [6, 6.07) is 13.1. The number of aromatic nitrogens is 1. The number of amides is 1. The SMILES string of the molecule is CCOCCn1c(=NC(=O)c2cc3cccc(OCC)c3o2)sc2cc(OC)ccc21. The van der Waals surface area contributed by atoms with Crippen LogP contribution in [0.15, 0.2) is 51.9 Å². The van der Waals surface area contributed by atoms with E-state index in [0.717, 1.165) is 21.4 Å². The highest BCUT2D eigenvalue weighted by atomic mass is 32.1. The molecule has 0 atom stereocenters. The second-order valence-corrected chi connectivity index (χ2v) is 7.71. The summed E-state index contributed by atoms with van der Waals surface area (Å²) >= 11 is 1.43. The monoisotopic (exact) mass is 440 g/mol. The minimum Gasteiger partial charge on any atom is -0.497 e. The number of hydrogen-bond acceptors (Lipinski definition) is 6. The molecule has 2 aromatic carbocycles. The number of para-hydroxylation sites is 1. The Kier molecular flexibility index (Phi) is 6.39. The normalized spacial score (nSPS) is 12.0. The summed E-state index contributed by atoms with van der Waals surface area (Å²) in [5.74, 6) is 1.10. The van der Waals surface area contributed by atoms with Crippen LogP contribution in [-0.2, 0) is 11.3 Å². The molecule has 7 nitrogen and oxygen atoms in total. The Balaban J connectivity index is 1.77. The molecule has 1 amide bonds. The molecule has 162 valence electrons. The van der Waals surface area contributed by atoms with Gasteiger partial charge in [0.25, 0.3) is 0 Å². The third kappa shape index (κ3) is 4.35. The van der Waals surface area contributed by atoms with Crippen molar-refractivity contribution in [2.45, 2.75) is 20.4 Å². The third-order valence-electron chi connectivity index (χ3n) is 4.77. The van der Waals surface area contributed by atoms with Crippen molar-refractivity contribution in [1.82, 2.24) is 4.57 Å². The molecule has 0 radical (unpaired) electrons. The molecule has 0 aliphatic rings. The van der Waals surface area contributed by atoms with Crippen LogP contribution in [0.2, 0.25) is 0 Å². The maximum Gasteiger partial charge on any atom is 0.315 e. The molecule has 0 saturated heterocycles. The Morgan fingerprint density at radius 3 is 2.81 bits per heavy atom. The molecule has 31 heavy (non-hydrogen) atoms. The molecule has 0 saturated carbocycles. The number of methoxy groups -OCH3 is 1. The molecule has 0 bridgehead atoms. The van der Waals surface area contributed by atoms with Gasteiger partial charge in [0.2, 0.25) is 0 Å². The maximum atomic E-state index is 13.0. The first-order chi connectivity index (χ1) is 15.1. The van der Waals surface area contributed by atoms with Gasteiger partial charge in [0.1, 0.15) is 5.75 Å². The van der Waals surface area contributed by atoms with E-state index in [9.17, 15) is 4.79 Å². The number of ether oxygens (including phenoxy) is 3. The van der Waals surface area contributed by atoms with Crippen molar-refractivity contribution in [3.05, 3.63) is 53.0 Å². The van der Waals surface area contributed by atoms with Gasteiger partial charge < -0.3 is 23.2 Å². The zero-order valence-corrected chi connectivity index (χ0v) is 18.5. The van der Waals surface area contributed by atoms with Gasteiger partial charge >= 0.3 is 5.91 Å². The van der Waals surface area contributed by atoms with E-state index in [1.165, 1.54) is 11.3 Å². The third-order valence-corrected chi connectivity index (χ3v) is 5.81. The topological polar surface area (TPSA) is 75.2 Å². The predicted octanol–water partition coefficient (Wildman–Crippen LogP) is 4.63. The lowest BCUT2D eigenvalue weighted by Crippen LogP contribution is -2.19. The van der Waals surface area contributed by atoms with Gasteiger partial charge in [0.05, 0.1) is 30.5 Å². The van der Waals surface area contributed by atoms with E-state index >= 15 is 0 Å². The van der Waals surface area contributed by atoms with Crippen molar-refractivity contribution in [3.63, 3.8) is 0 Å². The Labute approximate surface area is 183 Å². The quantitative estimate of drug-likeness (QED) is 0.373. The highest BCUT2D eigenvalue weighted by Gasteiger charge is 2.16. The first-order valence-electron chi connectivity index (χ1n) is 10.1. The largest absolute Gasteiger partial charge is 0.497 e. The highest BCUT2D eigenvalue weighted by Crippen LogP contribution is 2.29. The van der Waals surface area contributed by atoms with E-state index in [1.54, 1.807) is 13.2 Å². The van der Waals surface area contributed by atoms with Crippen molar-refractivity contribution < 1.29 is 23.4 Å². The van der Waals surface area contributed by atoms with Crippen LogP contribution >= 0.6 is 11.3 Å². The van der Waals surface area contributed by atoms with E-state index < -0.39 is 5.91 Å². The van der Waals surface area contributed by atoms with E-state index in [0.29, 0.717) is 42.5 Å². The van der Waals surface area contributed by atoms with Crippen LogP contribution in [0.1, 0.15) is 24.4 Å². The summed E-state index contributed by atoms with van der Waals surface area (Å²) in [4.78, 5) is 17.9. The van der Waals surface area contributed by atoms with Crippen molar-refractivity contribution >= 4 is 38.4 Å². The van der Waals surface area contributed by atoms with Crippen LogP contribution in [-0.4, -0.2) is 37.4 Å². The minimum atomic E-state index is -0.442. The lowest BCUT2D eigenvalue weighted by Gasteiger charge is -2.06. The number of hydrogen-bond donors (Lipinski definition) is 0. The molecule has 0 aliphatic heterocycles. The van der Waals surface area contributed by atoms with Crippen LogP contribution in [0, 0.1) is 0 Å². The number of carbonyl (C=O) groups is 1. The molecule has 0 spiro atoms. The summed E-state index contributed by atoms with van der Waals surface area (Å²) in [6.07, 6.45) is 0. The van der Waals surface area contributed by atoms with E-state index in [-0.39, 0.29) is 5.76 Å². The van der Waals surface area contributed by atoms with Gasteiger partial charge in [-0.15, -0.1) is 0 Å². The molecule has 4 rings (SSSR count). The molecule has 0 unspecified atom stereocenters. The van der Waals surface area contributed by atoms with Gasteiger partial charge in [-0.2, -0.15) is 4.99 Å². The second-order valence-electron chi connectivity index (χ2n) is 6.70. The molecule has 0 aliphatic carbocycles. The molecule has 2 heterocycles. The Bertz CT molecular complexity index is 1280. The first-order valence-corrected chi connectivity index (χ1v) is 11.0. The summed E-state index contributed by atoms with van der Waals surface area (Å²) in [5.41, 5.74) is 1.52. The molecular formula is C23H24N2O5S. The number of rotatable bonds is 8. The summed E-state index contributed by atoms with van der Waals surface area (Å²) in [6.45, 7) is 6.11. The molecule has 0 N–H and O–H groups in total. The average molecular weight is 441 g/mol. The van der Waals surface area contributed by atoms with Gasteiger partial charge in [-0.1, -0.05) is 23.5 Å². The predicted molar refractivity (Wildman–Crippen MR) is 120 cm³/mol. The maximum absolute atomic E-state index is 13.0. The lowest BCUT2D eigenvalue weighted by molar-refractivity contribution is 0.0972. The first kappa shape index (κ1) is 21.1. The summed E-state index contributed by atoms with van der Waals surface area (Å²) in [5, 5.41) is 0.801. The average Bonchev–Trinajstić information content (AvgIpc) is 3.36. The summed E-state index contributed by atoms with van der Waals surface area (Å²) < 4.78 is 25.2. The Morgan fingerprint density at radius 1 is 1.16 bits per heavy atom. The van der Waals surface area contributed by atoms with Crippen molar-refractivity contribution in [2.75, 3.05) is 26.9 Å². The fourth-order valence-corrected chi connectivity index (χ4v) is 4.42. The number of thiazole rings is 1. The van der Waals surface area contributed by atoms with Crippen LogP contribution in [0.25, 0.3) is 21.2 Å². The highest BCUT2D eigenvalue weighted by molar-refractivity contribution is 7.16. The van der Waals surface area contributed by atoms with Crippen LogP contribution < -0.4 is 14.3 Å². The zero-order valence-electron chi connectivity index (χ0n) is 17.7. The van der Waals surface area contributed by atoms with Gasteiger partial charge in [-0.05, 0) is 44.2 Å². The molecule has 0 fully saturated rings. The van der Waals surface area contributed by atoms with Crippen LogP contribution in [0.3, 0.4) is 0 Å². The van der Waals surface area contributed by atoms with Gasteiger partial charge in [-0.3, -0.25) is 4.79 Å². The fraction of sp³-hybridized carbons (Fsp3) is 0.304. The molecule has 2 aromatic heterocycles. The van der Waals surface area contributed by atoms with E-state index in [1.807, 2.05) is 54.8 Å². The van der Waals surface area contributed by atoms with Gasteiger partial charge in [-0.25, -0.2) is 0 Å². The smallest absolute Gasteiger partial charge is 0.315 e. The van der Waals surface area contributed by atoms with Crippen molar-refractivity contribution in [2.24, 2.45) is 4.99 Å². The summed E-state index contributed by atoms with van der Waals surface area (Å²) in [7, 11) is 1.63. The minimum absolute atomic E-state index is 0.175. The van der Waals surface area contributed by atoms with Crippen LogP contribution in [0.4, 0.5) is 0 Å². The molecule has 4 aromatic rings. The lowest BCUT2D eigenvalue weighted by atomic mass is 10.2. The molecular weight excluding hydrogens is 416 g/mol. The zero-order chi connectivity index (χ0) is 21.8. The van der Waals surface area contributed by atoms with E-state index in [2.05, 4.69) is 4.99 Å². The number of benzene rings is 2. The number of fused-ring (bicyclic) bond motifs is 2. The van der Waals surface area contributed by atoms with E-state index in [4.69, 9.17) is 18.6 Å². The fourth-order valence-electron chi connectivity index (χ4n) is 3.33. The van der Waals surface area contributed by atoms with Gasteiger partial charge in [0.15, 0.2) is 21.9 Å². The number of nitrogens with zero attached hydrogens (tertiary/aromatic N) is 2. The number of furan rings is 1. The van der Waals surface area contributed by atoms with Crippen molar-refractivity contribution in [1.29, 1.82) is 0 Å². The van der Waals surface area contributed by atoms with Crippen LogP contribution in [0.5, 0.6) is 11.5 Å².